The van der Waals surface area contributed by atoms with Crippen molar-refractivity contribution in [3.8, 4) is 0 Å². The van der Waals surface area contributed by atoms with Gasteiger partial charge in [0, 0.05) is 36.7 Å². The van der Waals surface area contributed by atoms with Crippen molar-refractivity contribution in [2.24, 2.45) is 5.73 Å². The van der Waals surface area contributed by atoms with Crippen molar-refractivity contribution in [2.75, 3.05) is 11.4 Å². The highest BCUT2D eigenvalue weighted by atomic mass is 32.1. The highest BCUT2D eigenvalue weighted by Gasteiger charge is 2.08. The zero-order valence-electron chi connectivity index (χ0n) is 11.8. The molecule has 0 aliphatic heterocycles. The van der Waals surface area contributed by atoms with Gasteiger partial charge in [-0.15, -0.1) is 0 Å². The maximum absolute atomic E-state index is 5.71. The average Bonchev–Trinajstić information content (AvgIpc) is 2.45. The molecule has 4 heteroatoms. The van der Waals surface area contributed by atoms with Crippen LogP contribution in [0.1, 0.15) is 23.6 Å². The molecule has 0 unspecified atom stereocenters. The number of nitrogens with two attached hydrogens (primary N) is 1. The number of hydrogen-bond donors (Lipinski definition) is 1. The second-order valence-electron chi connectivity index (χ2n) is 4.73. The van der Waals surface area contributed by atoms with Crippen molar-refractivity contribution in [1.29, 1.82) is 0 Å². The molecule has 2 aromatic rings. The minimum Gasteiger partial charge on any atom is -0.389 e. The first kappa shape index (κ1) is 14.5. The lowest BCUT2D eigenvalue weighted by Gasteiger charge is -2.24. The van der Waals surface area contributed by atoms with E-state index < -0.39 is 0 Å². The summed E-state index contributed by atoms with van der Waals surface area (Å²) in [7, 11) is 0. The number of hydrogen-bond acceptors (Lipinski definition) is 3. The first-order valence-corrected chi connectivity index (χ1v) is 7.07. The second kappa shape index (κ2) is 6.48. The Kier molecular flexibility index (Phi) is 4.69. The molecule has 0 aliphatic rings. The van der Waals surface area contributed by atoms with Crippen LogP contribution in [0.4, 0.5) is 5.69 Å². The van der Waals surface area contributed by atoms with Gasteiger partial charge in [0.05, 0.1) is 0 Å². The van der Waals surface area contributed by atoms with E-state index in [0.29, 0.717) is 4.99 Å². The van der Waals surface area contributed by atoms with Crippen LogP contribution in [0.3, 0.4) is 0 Å². The zero-order chi connectivity index (χ0) is 14.5. The maximum atomic E-state index is 5.71. The van der Waals surface area contributed by atoms with Gasteiger partial charge in [-0.3, -0.25) is 4.98 Å². The predicted octanol–water partition coefficient (Wildman–Crippen LogP) is 3.05. The summed E-state index contributed by atoms with van der Waals surface area (Å²) < 4.78 is 0. The molecule has 2 rings (SSSR count). The summed E-state index contributed by atoms with van der Waals surface area (Å²) >= 11 is 5.05. The van der Waals surface area contributed by atoms with Gasteiger partial charge in [-0.25, -0.2) is 0 Å². The summed E-state index contributed by atoms with van der Waals surface area (Å²) in [6.45, 7) is 6.00. The number of pyridine rings is 1. The minimum atomic E-state index is 0.450. The van der Waals surface area contributed by atoms with Crippen molar-refractivity contribution in [2.45, 2.75) is 20.4 Å². The van der Waals surface area contributed by atoms with Crippen molar-refractivity contribution < 1.29 is 0 Å². The standard InChI is InChI=1S/C16H19N3S/c1-3-19(11-13-6-8-18-9-7-13)14-4-5-15(16(17)20)12(2)10-14/h4-10H,3,11H2,1-2H3,(H2,17,20). The van der Waals surface area contributed by atoms with Crippen LogP contribution in [-0.4, -0.2) is 16.5 Å². The molecule has 0 aliphatic carbocycles. The molecule has 1 aromatic heterocycles. The van der Waals surface area contributed by atoms with E-state index in [-0.39, 0.29) is 0 Å². The van der Waals surface area contributed by atoms with Crippen LogP contribution in [0.5, 0.6) is 0 Å². The van der Waals surface area contributed by atoms with E-state index in [4.69, 9.17) is 18.0 Å². The molecule has 0 saturated heterocycles. The third-order valence-electron chi connectivity index (χ3n) is 3.35. The van der Waals surface area contributed by atoms with Crippen molar-refractivity contribution in [1.82, 2.24) is 4.98 Å². The molecule has 20 heavy (non-hydrogen) atoms. The lowest BCUT2D eigenvalue weighted by atomic mass is 10.1. The van der Waals surface area contributed by atoms with E-state index in [1.807, 2.05) is 37.5 Å². The van der Waals surface area contributed by atoms with Gasteiger partial charge < -0.3 is 10.6 Å². The third-order valence-corrected chi connectivity index (χ3v) is 3.57. The highest BCUT2D eigenvalue weighted by Crippen LogP contribution is 2.21. The molecule has 1 aromatic carbocycles. The van der Waals surface area contributed by atoms with Gasteiger partial charge in [0.25, 0.3) is 0 Å². The van der Waals surface area contributed by atoms with Crippen molar-refractivity contribution >= 4 is 22.9 Å². The number of anilines is 1. The van der Waals surface area contributed by atoms with E-state index in [1.165, 1.54) is 11.3 Å². The summed E-state index contributed by atoms with van der Waals surface area (Å²) in [4.78, 5) is 6.81. The number of rotatable bonds is 5. The number of aryl methyl sites for hydroxylation is 1. The van der Waals surface area contributed by atoms with E-state index in [2.05, 4.69) is 28.9 Å². The molecule has 0 radical (unpaired) electrons. The second-order valence-corrected chi connectivity index (χ2v) is 5.17. The number of nitrogens with zero attached hydrogens (tertiary/aromatic N) is 2. The summed E-state index contributed by atoms with van der Waals surface area (Å²) in [5, 5.41) is 0. The van der Waals surface area contributed by atoms with Gasteiger partial charge in [0.2, 0.25) is 0 Å². The fourth-order valence-corrected chi connectivity index (χ4v) is 2.44. The summed E-state index contributed by atoms with van der Waals surface area (Å²) in [6, 6.07) is 10.3. The Balaban J connectivity index is 2.24. The molecule has 104 valence electrons. The van der Waals surface area contributed by atoms with Crippen LogP contribution in [0.15, 0.2) is 42.7 Å². The van der Waals surface area contributed by atoms with Crippen LogP contribution in [-0.2, 0) is 6.54 Å². The molecule has 0 amide bonds. The summed E-state index contributed by atoms with van der Waals surface area (Å²) in [5.74, 6) is 0. The molecule has 3 nitrogen and oxygen atoms in total. The van der Waals surface area contributed by atoms with Gasteiger partial charge in [-0.05, 0) is 55.3 Å². The lowest BCUT2D eigenvalue weighted by molar-refractivity contribution is 0.829. The van der Waals surface area contributed by atoms with Gasteiger partial charge in [0.1, 0.15) is 4.99 Å². The van der Waals surface area contributed by atoms with Crippen LogP contribution < -0.4 is 10.6 Å². The Morgan fingerprint density at radius 2 is 1.95 bits per heavy atom. The average molecular weight is 285 g/mol. The first-order chi connectivity index (χ1) is 9.61. The minimum absolute atomic E-state index is 0.450. The van der Waals surface area contributed by atoms with Crippen molar-refractivity contribution in [3.63, 3.8) is 0 Å². The molecule has 0 spiro atoms. The molecule has 2 N–H and O–H groups in total. The van der Waals surface area contributed by atoms with Gasteiger partial charge in [0.15, 0.2) is 0 Å². The quantitative estimate of drug-likeness (QED) is 0.857. The Hall–Kier alpha value is -1.94. The molecular formula is C16H19N3S. The molecule has 1 heterocycles. The normalized spacial score (nSPS) is 10.3. The van der Waals surface area contributed by atoms with Crippen molar-refractivity contribution in [3.05, 3.63) is 59.4 Å². The molecular weight excluding hydrogens is 266 g/mol. The molecule has 0 saturated carbocycles. The smallest absolute Gasteiger partial charge is 0.104 e. The van der Waals surface area contributed by atoms with Crippen LogP contribution in [0, 0.1) is 6.92 Å². The third kappa shape index (κ3) is 3.33. The topological polar surface area (TPSA) is 42.2 Å². The predicted molar refractivity (Wildman–Crippen MR) is 88.0 cm³/mol. The highest BCUT2D eigenvalue weighted by molar-refractivity contribution is 7.80. The number of aromatic nitrogens is 1. The summed E-state index contributed by atoms with van der Waals surface area (Å²) in [6.07, 6.45) is 3.65. The monoisotopic (exact) mass is 285 g/mol. The van der Waals surface area contributed by atoms with E-state index in [9.17, 15) is 0 Å². The fraction of sp³-hybridized carbons (Fsp3) is 0.250. The van der Waals surface area contributed by atoms with Crippen LogP contribution in [0.2, 0.25) is 0 Å². The zero-order valence-corrected chi connectivity index (χ0v) is 12.7. The molecule has 0 bridgehead atoms. The molecule has 0 fully saturated rings. The lowest BCUT2D eigenvalue weighted by Crippen LogP contribution is -2.22. The van der Waals surface area contributed by atoms with Crippen LogP contribution in [0.25, 0.3) is 0 Å². The number of thiocarbonyl (C=S) groups is 1. The molecule has 0 atom stereocenters. The van der Waals surface area contributed by atoms with Gasteiger partial charge in [-0.2, -0.15) is 0 Å². The largest absolute Gasteiger partial charge is 0.389 e. The maximum Gasteiger partial charge on any atom is 0.104 e. The Bertz CT molecular complexity index is 596. The van der Waals surface area contributed by atoms with Gasteiger partial charge in [-0.1, -0.05) is 12.2 Å². The number of benzene rings is 1. The Morgan fingerprint density at radius 1 is 1.25 bits per heavy atom. The van der Waals surface area contributed by atoms with E-state index >= 15 is 0 Å². The Morgan fingerprint density at radius 3 is 2.50 bits per heavy atom. The van der Waals surface area contributed by atoms with Crippen LogP contribution >= 0.6 is 12.2 Å². The Labute approximate surface area is 125 Å². The SMILES string of the molecule is CCN(Cc1ccncc1)c1ccc(C(N)=S)c(C)c1. The fourth-order valence-electron chi connectivity index (χ4n) is 2.22. The summed E-state index contributed by atoms with van der Waals surface area (Å²) in [5.41, 5.74) is 10.2. The first-order valence-electron chi connectivity index (χ1n) is 6.66. The van der Waals surface area contributed by atoms with E-state index in [1.54, 1.807) is 0 Å². The van der Waals surface area contributed by atoms with E-state index in [0.717, 1.165) is 24.2 Å². The van der Waals surface area contributed by atoms with Gasteiger partial charge >= 0.3 is 0 Å².